The number of carbonyl (C=O) groups is 2. The zero-order valence-electron chi connectivity index (χ0n) is 14.4. The van der Waals surface area contributed by atoms with Crippen LogP contribution in [0.2, 0.25) is 0 Å². The van der Waals surface area contributed by atoms with E-state index in [-0.39, 0.29) is 17.7 Å². The molecule has 7 nitrogen and oxygen atoms in total. The number of aromatic nitrogens is 1. The van der Waals surface area contributed by atoms with Crippen molar-refractivity contribution in [3.05, 3.63) is 42.5 Å². The van der Waals surface area contributed by atoms with E-state index in [4.69, 9.17) is 4.42 Å². The maximum absolute atomic E-state index is 12.5. The van der Waals surface area contributed by atoms with Crippen molar-refractivity contribution in [1.82, 2.24) is 9.88 Å². The van der Waals surface area contributed by atoms with Crippen LogP contribution in [-0.2, 0) is 4.79 Å². The van der Waals surface area contributed by atoms with Gasteiger partial charge in [0, 0.05) is 27.2 Å². The van der Waals surface area contributed by atoms with Gasteiger partial charge in [0.25, 0.3) is 5.91 Å². The molecule has 3 rings (SSSR count). The van der Waals surface area contributed by atoms with Gasteiger partial charge in [-0.3, -0.25) is 9.59 Å². The minimum absolute atomic E-state index is 0.0867. The highest BCUT2D eigenvalue weighted by atomic mass is 16.3. The average Bonchev–Trinajstić information content (AvgIpc) is 3.16. The molecule has 1 aliphatic heterocycles. The summed E-state index contributed by atoms with van der Waals surface area (Å²) in [6, 6.07) is 7.01. The second-order valence-electron chi connectivity index (χ2n) is 6.36. The van der Waals surface area contributed by atoms with E-state index in [1.165, 1.54) is 6.26 Å². The van der Waals surface area contributed by atoms with Crippen LogP contribution in [0, 0.1) is 5.92 Å². The first kappa shape index (κ1) is 17.0. The maximum Gasteiger partial charge on any atom is 0.289 e. The molecule has 1 N–H and O–H groups in total. The van der Waals surface area contributed by atoms with E-state index < -0.39 is 0 Å². The van der Waals surface area contributed by atoms with Crippen molar-refractivity contribution >= 4 is 23.3 Å². The van der Waals surface area contributed by atoms with E-state index in [1.54, 1.807) is 23.2 Å². The number of nitrogens with one attached hydrogen (secondary N) is 1. The number of anilines is 2. The number of pyridine rings is 1. The summed E-state index contributed by atoms with van der Waals surface area (Å²) in [6.07, 6.45) is 4.67. The molecule has 1 atom stereocenters. The predicted octanol–water partition coefficient (Wildman–Crippen LogP) is 2.23. The van der Waals surface area contributed by atoms with Gasteiger partial charge in [-0.25, -0.2) is 4.98 Å². The minimum atomic E-state index is -0.235. The molecule has 0 radical (unpaired) electrons. The van der Waals surface area contributed by atoms with Crippen LogP contribution < -0.4 is 10.2 Å². The fourth-order valence-electron chi connectivity index (χ4n) is 2.90. The van der Waals surface area contributed by atoms with Gasteiger partial charge in [-0.2, -0.15) is 0 Å². The van der Waals surface area contributed by atoms with Crippen LogP contribution in [0.4, 0.5) is 11.5 Å². The molecule has 0 aliphatic carbocycles. The molecule has 2 aromatic rings. The fourth-order valence-corrected chi connectivity index (χ4v) is 2.90. The number of amides is 2. The highest BCUT2D eigenvalue weighted by Gasteiger charge is 2.29. The molecule has 7 heteroatoms. The Morgan fingerprint density at radius 3 is 2.80 bits per heavy atom. The lowest BCUT2D eigenvalue weighted by atomic mass is 9.97. The Bertz CT molecular complexity index is 725. The Morgan fingerprint density at radius 2 is 2.16 bits per heavy atom. The fraction of sp³-hybridized carbons (Fsp3) is 0.389. The van der Waals surface area contributed by atoms with Crippen molar-refractivity contribution in [2.75, 3.05) is 37.4 Å². The number of likely N-dealkylation sites (tertiary alicyclic amines) is 1. The van der Waals surface area contributed by atoms with E-state index >= 15 is 0 Å². The van der Waals surface area contributed by atoms with Crippen molar-refractivity contribution in [2.24, 2.45) is 5.92 Å². The summed E-state index contributed by atoms with van der Waals surface area (Å²) >= 11 is 0. The molecule has 132 valence electrons. The second-order valence-corrected chi connectivity index (χ2v) is 6.36. The Kier molecular flexibility index (Phi) is 5.02. The van der Waals surface area contributed by atoms with Crippen molar-refractivity contribution in [3.8, 4) is 0 Å². The van der Waals surface area contributed by atoms with Crippen LogP contribution in [0.25, 0.3) is 0 Å². The van der Waals surface area contributed by atoms with Crippen molar-refractivity contribution in [2.45, 2.75) is 12.8 Å². The summed E-state index contributed by atoms with van der Waals surface area (Å²) in [4.78, 5) is 32.8. The van der Waals surface area contributed by atoms with Gasteiger partial charge in [0.2, 0.25) is 5.91 Å². The lowest BCUT2D eigenvalue weighted by Gasteiger charge is -2.31. The molecule has 1 saturated heterocycles. The highest BCUT2D eigenvalue weighted by molar-refractivity contribution is 5.94. The smallest absolute Gasteiger partial charge is 0.289 e. The summed E-state index contributed by atoms with van der Waals surface area (Å²) in [5.41, 5.74) is 0.657. The molecule has 25 heavy (non-hydrogen) atoms. The molecule has 2 aromatic heterocycles. The van der Waals surface area contributed by atoms with Gasteiger partial charge in [-0.15, -0.1) is 0 Å². The lowest BCUT2D eigenvalue weighted by molar-refractivity contribution is -0.121. The molecule has 1 aliphatic rings. The predicted molar refractivity (Wildman–Crippen MR) is 94.5 cm³/mol. The van der Waals surface area contributed by atoms with Crippen LogP contribution in [0.15, 0.2) is 41.1 Å². The van der Waals surface area contributed by atoms with Crippen LogP contribution in [-0.4, -0.2) is 48.9 Å². The van der Waals surface area contributed by atoms with Gasteiger partial charge in [-0.1, -0.05) is 0 Å². The van der Waals surface area contributed by atoms with Crippen molar-refractivity contribution < 1.29 is 14.0 Å². The van der Waals surface area contributed by atoms with Gasteiger partial charge in [0.05, 0.1) is 24.1 Å². The maximum atomic E-state index is 12.5. The van der Waals surface area contributed by atoms with E-state index in [9.17, 15) is 9.59 Å². The molecular formula is C18H22N4O3. The molecule has 0 saturated carbocycles. The summed E-state index contributed by atoms with van der Waals surface area (Å²) < 4.78 is 5.17. The summed E-state index contributed by atoms with van der Waals surface area (Å²) in [6.45, 7) is 1.04. The number of nitrogens with zero attached hydrogens (tertiary/aromatic N) is 3. The third kappa shape index (κ3) is 3.99. The Balaban J connectivity index is 1.61. The monoisotopic (exact) mass is 342 g/mol. The minimum Gasteiger partial charge on any atom is -0.459 e. The molecule has 0 bridgehead atoms. The molecule has 0 spiro atoms. The van der Waals surface area contributed by atoms with Gasteiger partial charge < -0.3 is 19.5 Å². The number of furan rings is 1. The van der Waals surface area contributed by atoms with Crippen molar-refractivity contribution in [1.29, 1.82) is 0 Å². The normalized spacial score (nSPS) is 17.2. The average molecular weight is 342 g/mol. The number of carbonyl (C=O) groups excluding carboxylic acids is 2. The molecular weight excluding hydrogens is 320 g/mol. The standard InChI is InChI=1S/C18H22N4O3/c1-21(2)16-8-7-14(11-19-16)20-17(23)13-5-3-9-22(12-13)18(24)15-6-4-10-25-15/h4,6-8,10-11,13H,3,5,9,12H2,1-2H3,(H,20,23). The number of piperidine rings is 1. The quantitative estimate of drug-likeness (QED) is 0.922. The first-order valence-electron chi connectivity index (χ1n) is 8.31. The first-order valence-corrected chi connectivity index (χ1v) is 8.31. The Morgan fingerprint density at radius 1 is 1.32 bits per heavy atom. The third-order valence-corrected chi connectivity index (χ3v) is 4.28. The van der Waals surface area contributed by atoms with Crippen molar-refractivity contribution in [3.63, 3.8) is 0 Å². The molecule has 1 fully saturated rings. The topological polar surface area (TPSA) is 78.7 Å². The van der Waals surface area contributed by atoms with Gasteiger partial charge >= 0.3 is 0 Å². The Labute approximate surface area is 146 Å². The number of hydrogen-bond donors (Lipinski definition) is 1. The SMILES string of the molecule is CN(C)c1ccc(NC(=O)C2CCCN(C(=O)c3ccco3)C2)cn1. The summed E-state index contributed by atoms with van der Waals surface area (Å²) in [5.74, 6) is 0.646. The van der Waals surface area contributed by atoms with Crippen LogP contribution in [0.3, 0.4) is 0 Å². The molecule has 0 aromatic carbocycles. The first-order chi connectivity index (χ1) is 12.0. The van der Waals surface area contributed by atoms with Gasteiger partial charge in [-0.05, 0) is 37.1 Å². The molecule has 2 amide bonds. The Hall–Kier alpha value is -2.83. The van der Waals surface area contributed by atoms with Gasteiger partial charge in [0.15, 0.2) is 5.76 Å². The van der Waals surface area contributed by atoms with Crippen LogP contribution in [0.5, 0.6) is 0 Å². The molecule has 1 unspecified atom stereocenters. The zero-order valence-corrected chi connectivity index (χ0v) is 14.4. The van der Waals surface area contributed by atoms with E-state index in [1.807, 2.05) is 31.1 Å². The third-order valence-electron chi connectivity index (χ3n) is 4.28. The zero-order chi connectivity index (χ0) is 17.8. The van der Waals surface area contributed by atoms with E-state index in [2.05, 4.69) is 10.3 Å². The van der Waals surface area contributed by atoms with E-state index in [0.29, 0.717) is 24.5 Å². The number of rotatable bonds is 4. The summed E-state index contributed by atoms with van der Waals surface area (Å²) in [5, 5.41) is 2.89. The second kappa shape index (κ2) is 7.38. The van der Waals surface area contributed by atoms with Crippen LogP contribution in [0.1, 0.15) is 23.4 Å². The lowest BCUT2D eigenvalue weighted by Crippen LogP contribution is -2.43. The van der Waals surface area contributed by atoms with Gasteiger partial charge in [0.1, 0.15) is 5.82 Å². The van der Waals surface area contributed by atoms with E-state index in [0.717, 1.165) is 18.7 Å². The molecule has 3 heterocycles. The van der Waals surface area contributed by atoms with Crippen LogP contribution >= 0.6 is 0 Å². The summed E-state index contributed by atoms with van der Waals surface area (Å²) in [7, 11) is 3.82. The number of hydrogen-bond acceptors (Lipinski definition) is 5. The highest BCUT2D eigenvalue weighted by Crippen LogP contribution is 2.21. The largest absolute Gasteiger partial charge is 0.459 e.